The molecule has 0 bridgehead atoms. The summed E-state index contributed by atoms with van der Waals surface area (Å²) in [6, 6.07) is 14.4. The fraction of sp³-hybridized carbons (Fsp3) is 0.429. The van der Waals surface area contributed by atoms with E-state index in [1.165, 1.54) is 0 Å². The third kappa shape index (κ3) is 5.42. The van der Waals surface area contributed by atoms with Crippen LogP contribution < -0.4 is 9.47 Å². The van der Waals surface area contributed by atoms with Gasteiger partial charge in [0.15, 0.2) is 0 Å². The van der Waals surface area contributed by atoms with Crippen molar-refractivity contribution in [1.82, 2.24) is 9.80 Å². The first-order valence-corrected chi connectivity index (χ1v) is 12.4. The second kappa shape index (κ2) is 10.5. The average Bonchev–Trinajstić information content (AvgIpc) is 3.27. The number of hydrogen-bond donors (Lipinski definition) is 0. The Morgan fingerprint density at radius 3 is 1.28 bits per heavy atom. The summed E-state index contributed by atoms with van der Waals surface area (Å²) < 4.78 is 11.3. The van der Waals surface area contributed by atoms with E-state index < -0.39 is 11.8 Å². The summed E-state index contributed by atoms with van der Waals surface area (Å²) in [5.41, 5.74) is 1.48. The Hall–Kier alpha value is -3.68. The minimum Gasteiger partial charge on any atom is -0.491 e. The monoisotopic (exact) mass is 492 g/mol. The quantitative estimate of drug-likeness (QED) is 0.496. The number of imide groups is 2. The smallest absolute Gasteiger partial charge is 0.237 e. The number of ether oxygens (including phenoxy) is 2. The average molecular weight is 493 g/mol. The summed E-state index contributed by atoms with van der Waals surface area (Å²) >= 11 is 0. The number of rotatable bonds is 9. The van der Waals surface area contributed by atoms with Crippen LogP contribution in [0, 0.1) is 0 Å². The van der Waals surface area contributed by atoms with E-state index in [2.05, 4.69) is 0 Å². The molecule has 190 valence electrons. The van der Waals surface area contributed by atoms with Crippen LogP contribution in [0.25, 0.3) is 0 Å². The van der Waals surface area contributed by atoms with Gasteiger partial charge in [-0.2, -0.15) is 0 Å². The molecule has 2 fully saturated rings. The first-order chi connectivity index (χ1) is 17.1. The van der Waals surface area contributed by atoms with Crippen molar-refractivity contribution in [2.24, 2.45) is 0 Å². The molecule has 0 aliphatic carbocycles. The number of carbonyl (C=O) groups is 4. The van der Waals surface area contributed by atoms with Gasteiger partial charge in [0, 0.05) is 25.9 Å². The highest BCUT2D eigenvalue weighted by molar-refractivity contribution is 6.07. The number of nitrogens with zero attached hydrogens (tertiary/aromatic N) is 2. The van der Waals surface area contributed by atoms with Crippen LogP contribution in [-0.2, 0) is 19.2 Å². The topological polar surface area (TPSA) is 93.2 Å². The Balaban J connectivity index is 1.37. The zero-order valence-corrected chi connectivity index (χ0v) is 21.1. The number of hydrogen-bond acceptors (Lipinski definition) is 6. The van der Waals surface area contributed by atoms with Gasteiger partial charge < -0.3 is 9.47 Å². The Kier molecular flexibility index (Phi) is 7.43. The van der Waals surface area contributed by atoms with Gasteiger partial charge in [0.1, 0.15) is 11.5 Å². The van der Waals surface area contributed by atoms with Crippen molar-refractivity contribution < 1.29 is 28.7 Å². The zero-order valence-electron chi connectivity index (χ0n) is 21.1. The van der Waals surface area contributed by atoms with E-state index in [1.54, 1.807) is 48.5 Å². The van der Waals surface area contributed by atoms with E-state index in [-0.39, 0.29) is 61.8 Å². The lowest BCUT2D eigenvalue weighted by atomic mass is 9.97. The van der Waals surface area contributed by atoms with Crippen molar-refractivity contribution in [3.63, 3.8) is 0 Å². The second-order valence-corrected chi connectivity index (χ2v) is 9.75. The molecule has 2 aromatic rings. The van der Waals surface area contributed by atoms with Gasteiger partial charge in [-0.15, -0.1) is 0 Å². The van der Waals surface area contributed by atoms with Crippen molar-refractivity contribution in [3.05, 3.63) is 59.7 Å². The molecule has 2 aliphatic rings. The van der Waals surface area contributed by atoms with Gasteiger partial charge >= 0.3 is 0 Å². The number of amides is 4. The maximum absolute atomic E-state index is 13.0. The molecule has 36 heavy (non-hydrogen) atoms. The van der Waals surface area contributed by atoms with Crippen molar-refractivity contribution in [3.8, 4) is 11.5 Å². The molecule has 0 radical (unpaired) electrons. The lowest BCUT2D eigenvalue weighted by molar-refractivity contribution is -0.144. The number of likely N-dealkylation sites (tertiary alicyclic amines) is 2. The highest BCUT2D eigenvalue weighted by atomic mass is 16.5. The van der Waals surface area contributed by atoms with Gasteiger partial charge in [-0.3, -0.25) is 29.0 Å². The normalized spacial score (nSPS) is 20.3. The van der Waals surface area contributed by atoms with Gasteiger partial charge in [0.05, 0.1) is 24.0 Å². The van der Waals surface area contributed by atoms with Crippen LogP contribution in [0.15, 0.2) is 48.5 Å². The SMILES string of the molecule is CC(C)Oc1ccc(C2CC(=O)N(CCN3C(=O)CC(c4ccc(OC(C)C)cc4)C3=O)C2=O)cc1. The van der Waals surface area contributed by atoms with Crippen LogP contribution in [0.5, 0.6) is 11.5 Å². The zero-order chi connectivity index (χ0) is 26.0. The van der Waals surface area contributed by atoms with Crippen molar-refractivity contribution in [2.75, 3.05) is 13.1 Å². The molecule has 4 rings (SSSR count). The van der Waals surface area contributed by atoms with Crippen LogP contribution in [-0.4, -0.2) is 58.7 Å². The summed E-state index contributed by atoms with van der Waals surface area (Å²) in [6.07, 6.45) is 0.210. The second-order valence-electron chi connectivity index (χ2n) is 9.75. The molecule has 8 heteroatoms. The van der Waals surface area contributed by atoms with Crippen LogP contribution in [0.4, 0.5) is 0 Å². The Morgan fingerprint density at radius 2 is 0.972 bits per heavy atom. The molecule has 4 amide bonds. The van der Waals surface area contributed by atoms with Gasteiger partial charge in [-0.25, -0.2) is 0 Å². The molecular weight excluding hydrogens is 460 g/mol. The fourth-order valence-electron chi connectivity index (χ4n) is 4.66. The van der Waals surface area contributed by atoms with Crippen LogP contribution in [0.3, 0.4) is 0 Å². The molecule has 2 unspecified atom stereocenters. The van der Waals surface area contributed by atoms with Crippen LogP contribution in [0.1, 0.15) is 63.5 Å². The minimum absolute atomic E-state index is 0.00588. The first-order valence-electron chi connectivity index (χ1n) is 12.4. The fourth-order valence-corrected chi connectivity index (χ4v) is 4.66. The lowest BCUT2D eigenvalue weighted by Gasteiger charge is -2.20. The maximum Gasteiger partial charge on any atom is 0.237 e. The van der Waals surface area contributed by atoms with Gasteiger partial charge in [0.25, 0.3) is 0 Å². The molecule has 0 saturated carbocycles. The molecule has 0 N–H and O–H groups in total. The van der Waals surface area contributed by atoms with Gasteiger partial charge in [0.2, 0.25) is 23.6 Å². The van der Waals surface area contributed by atoms with Gasteiger partial charge in [-0.05, 0) is 63.1 Å². The predicted octanol–water partition coefficient (Wildman–Crippen LogP) is 3.65. The highest BCUT2D eigenvalue weighted by Gasteiger charge is 2.42. The van der Waals surface area contributed by atoms with E-state index in [4.69, 9.17) is 9.47 Å². The molecule has 2 atom stereocenters. The summed E-state index contributed by atoms with van der Waals surface area (Å²) in [4.78, 5) is 53.6. The number of carbonyl (C=O) groups excluding carboxylic acids is 4. The van der Waals surface area contributed by atoms with Gasteiger partial charge in [-0.1, -0.05) is 24.3 Å². The van der Waals surface area contributed by atoms with E-state index in [0.717, 1.165) is 20.9 Å². The maximum atomic E-state index is 13.0. The predicted molar refractivity (Wildman–Crippen MR) is 133 cm³/mol. The Bertz CT molecular complexity index is 1050. The molecule has 2 aliphatic heterocycles. The minimum atomic E-state index is -0.574. The standard InChI is InChI=1S/C28H32N2O6/c1-17(2)35-21-9-5-19(6-10-21)23-15-25(31)29(27(23)33)13-14-30-26(32)16-24(28(30)34)20-7-11-22(12-8-20)36-18(3)4/h5-12,17-18,23-24H,13-16H2,1-4H3. The summed E-state index contributed by atoms with van der Waals surface area (Å²) in [5.74, 6) is -0.976. The summed E-state index contributed by atoms with van der Waals surface area (Å²) in [6.45, 7) is 7.72. The summed E-state index contributed by atoms with van der Waals surface area (Å²) in [5, 5.41) is 0. The molecule has 0 aromatic heterocycles. The first kappa shape index (κ1) is 25.4. The Morgan fingerprint density at radius 1 is 0.639 bits per heavy atom. The van der Waals surface area contributed by atoms with E-state index >= 15 is 0 Å². The summed E-state index contributed by atoms with van der Waals surface area (Å²) in [7, 11) is 0. The van der Waals surface area contributed by atoms with Crippen molar-refractivity contribution in [1.29, 1.82) is 0 Å². The molecular formula is C28H32N2O6. The lowest BCUT2D eigenvalue weighted by Crippen LogP contribution is -2.41. The molecule has 2 aromatic carbocycles. The Labute approximate surface area is 211 Å². The van der Waals surface area contributed by atoms with E-state index in [1.807, 2.05) is 27.7 Å². The van der Waals surface area contributed by atoms with Crippen LogP contribution in [0.2, 0.25) is 0 Å². The number of benzene rings is 2. The third-order valence-corrected chi connectivity index (χ3v) is 6.34. The molecule has 0 spiro atoms. The van der Waals surface area contributed by atoms with Crippen LogP contribution >= 0.6 is 0 Å². The molecule has 8 nitrogen and oxygen atoms in total. The molecule has 2 saturated heterocycles. The third-order valence-electron chi connectivity index (χ3n) is 6.34. The largest absolute Gasteiger partial charge is 0.491 e. The highest BCUT2D eigenvalue weighted by Crippen LogP contribution is 2.33. The van der Waals surface area contributed by atoms with E-state index in [0.29, 0.717) is 11.5 Å². The van der Waals surface area contributed by atoms with Crippen molar-refractivity contribution in [2.45, 2.75) is 64.6 Å². The van der Waals surface area contributed by atoms with E-state index in [9.17, 15) is 19.2 Å². The molecule has 2 heterocycles. The van der Waals surface area contributed by atoms with Crippen molar-refractivity contribution >= 4 is 23.6 Å².